The molecule has 22 heavy (non-hydrogen) atoms. The minimum Gasteiger partial charge on any atom is -0.296 e. The first-order valence-electron chi connectivity index (χ1n) is 7.55. The number of aryl methyl sites for hydroxylation is 1. The molecular weight excluding hydrogens is 272 g/mol. The lowest BCUT2D eigenvalue weighted by Gasteiger charge is -2.09. The molecule has 0 aliphatic carbocycles. The number of nitrogens with zero attached hydrogens (tertiary/aromatic N) is 2. The summed E-state index contributed by atoms with van der Waals surface area (Å²) in [5.74, 6) is 1.06. The Labute approximate surface area is 130 Å². The molecule has 0 saturated heterocycles. The van der Waals surface area contributed by atoms with Crippen LogP contribution < -0.4 is 0 Å². The maximum absolute atomic E-state index is 11.6. The van der Waals surface area contributed by atoms with Gasteiger partial charge >= 0.3 is 0 Å². The van der Waals surface area contributed by atoms with Gasteiger partial charge < -0.3 is 0 Å². The van der Waals surface area contributed by atoms with E-state index in [0.29, 0.717) is 5.56 Å². The lowest BCUT2D eigenvalue weighted by molar-refractivity contribution is 0.101. The number of hydrogen-bond acceptors (Lipinski definition) is 2. The average Bonchev–Trinajstić information content (AvgIpc) is 2.92. The Balaban J connectivity index is 2.20. The summed E-state index contributed by atoms with van der Waals surface area (Å²) in [6.07, 6.45) is 1.62. The Morgan fingerprint density at radius 1 is 1.18 bits per heavy atom. The maximum atomic E-state index is 11.6. The lowest BCUT2D eigenvalue weighted by Crippen LogP contribution is -2.00. The maximum Gasteiger partial charge on any atom is 0.159 e. The zero-order valence-corrected chi connectivity index (χ0v) is 13.0. The van der Waals surface area contributed by atoms with Crippen molar-refractivity contribution in [3.63, 3.8) is 0 Å². The second-order valence-electron chi connectivity index (χ2n) is 5.39. The number of imidazole rings is 1. The van der Waals surface area contributed by atoms with Gasteiger partial charge in [0.15, 0.2) is 5.78 Å². The van der Waals surface area contributed by atoms with E-state index in [-0.39, 0.29) is 5.78 Å². The second-order valence-corrected chi connectivity index (χ2v) is 5.39. The standard InChI is InChI=1S/C19H19N2O/c1-4-14-6-9-16(10-7-14)21-18-11-8-15(13(3)22)12-17(18)20-19(21)5-2/h6-12H,1,4-5H2,2-3H3. The molecule has 0 N–H and O–H groups in total. The van der Waals surface area contributed by atoms with Gasteiger partial charge in [0.05, 0.1) is 11.0 Å². The van der Waals surface area contributed by atoms with Gasteiger partial charge in [-0.05, 0) is 56.2 Å². The Hall–Kier alpha value is -2.42. The molecule has 0 aliphatic rings. The topological polar surface area (TPSA) is 34.9 Å². The van der Waals surface area contributed by atoms with Crippen LogP contribution in [-0.2, 0) is 12.8 Å². The zero-order chi connectivity index (χ0) is 15.7. The van der Waals surface area contributed by atoms with Gasteiger partial charge in [0, 0.05) is 17.7 Å². The van der Waals surface area contributed by atoms with E-state index in [9.17, 15) is 4.79 Å². The summed E-state index contributed by atoms with van der Waals surface area (Å²) in [5, 5.41) is 0. The van der Waals surface area contributed by atoms with E-state index in [0.717, 1.165) is 35.4 Å². The van der Waals surface area contributed by atoms with Gasteiger partial charge in [0.25, 0.3) is 0 Å². The van der Waals surface area contributed by atoms with Gasteiger partial charge in [-0.1, -0.05) is 19.1 Å². The van der Waals surface area contributed by atoms with Gasteiger partial charge in [-0.15, -0.1) is 0 Å². The second kappa shape index (κ2) is 5.76. The monoisotopic (exact) mass is 291 g/mol. The number of ketones is 1. The lowest BCUT2D eigenvalue weighted by atomic mass is 10.1. The Bertz CT molecular complexity index is 829. The van der Waals surface area contributed by atoms with Crippen molar-refractivity contribution in [3.8, 4) is 5.69 Å². The Kier molecular flexibility index (Phi) is 3.80. The number of carbonyl (C=O) groups is 1. The highest BCUT2D eigenvalue weighted by Crippen LogP contribution is 2.23. The summed E-state index contributed by atoms with van der Waals surface area (Å²) in [6.45, 7) is 7.58. The molecule has 1 heterocycles. The van der Waals surface area contributed by atoms with E-state index in [1.807, 2.05) is 18.2 Å². The smallest absolute Gasteiger partial charge is 0.159 e. The summed E-state index contributed by atoms with van der Waals surface area (Å²) in [5.41, 5.74) is 4.90. The molecule has 0 unspecified atom stereocenters. The molecule has 1 radical (unpaired) electrons. The van der Waals surface area contributed by atoms with E-state index < -0.39 is 0 Å². The first-order valence-corrected chi connectivity index (χ1v) is 7.55. The highest BCUT2D eigenvalue weighted by Gasteiger charge is 2.12. The predicted molar refractivity (Wildman–Crippen MR) is 89.5 cm³/mol. The van der Waals surface area contributed by atoms with Crippen LogP contribution in [0.5, 0.6) is 0 Å². The third kappa shape index (κ3) is 2.43. The Morgan fingerprint density at radius 2 is 1.91 bits per heavy atom. The number of benzene rings is 2. The van der Waals surface area contributed by atoms with Gasteiger partial charge in [-0.2, -0.15) is 0 Å². The van der Waals surface area contributed by atoms with E-state index >= 15 is 0 Å². The third-order valence-corrected chi connectivity index (χ3v) is 3.93. The summed E-state index contributed by atoms with van der Waals surface area (Å²) in [7, 11) is 0. The summed E-state index contributed by atoms with van der Waals surface area (Å²) >= 11 is 0. The SMILES string of the molecule is [CH2]Cc1ccc(-n2c(CC)nc3cc(C(C)=O)ccc32)cc1. The summed E-state index contributed by atoms with van der Waals surface area (Å²) in [6, 6.07) is 14.1. The number of rotatable bonds is 4. The number of aromatic nitrogens is 2. The minimum absolute atomic E-state index is 0.0642. The van der Waals surface area contributed by atoms with Crippen LogP contribution in [0.1, 0.15) is 35.6 Å². The van der Waals surface area contributed by atoms with Crippen LogP contribution in [0.2, 0.25) is 0 Å². The molecule has 0 fully saturated rings. The third-order valence-electron chi connectivity index (χ3n) is 3.93. The van der Waals surface area contributed by atoms with Crippen molar-refractivity contribution in [2.45, 2.75) is 26.7 Å². The zero-order valence-electron chi connectivity index (χ0n) is 13.0. The molecule has 0 aliphatic heterocycles. The van der Waals surface area contributed by atoms with Gasteiger partial charge in [0.2, 0.25) is 0 Å². The van der Waals surface area contributed by atoms with Gasteiger partial charge in [-0.25, -0.2) is 4.98 Å². The summed E-state index contributed by atoms with van der Waals surface area (Å²) < 4.78 is 2.16. The molecule has 3 rings (SSSR count). The molecule has 111 valence electrons. The summed E-state index contributed by atoms with van der Waals surface area (Å²) in [4.78, 5) is 16.2. The molecule has 3 nitrogen and oxygen atoms in total. The van der Waals surface area contributed by atoms with Crippen LogP contribution in [0.3, 0.4) is 0 Å². The molecule has 0 bridgehead atoms. The fourth-order valence-corrected chi connectivity index (χ4v) is 2.69. The number of Topliss-reactive ketones (excluding diaryl/α,β-unsaturated/α-hetero) is 1. The van der Waals surface area contributed by atoms with Crippen LogP contribution in [0.25, 0.3) is 16.7 Å². The number of carbonyl (C=O) groups excluding carboxylic acids is 1. The van der Waals surface area contributed by atoms with Crippen molar-refractivity contribution in [3.05, 3.63) is 66.3 Å². The van der Waals surface area contributed by atoms with Crippen LogP contribution >= 0.6 is 0 Å². The van der Waals surface area contributed by atoms with Crippen molar-refractivity contribution < 1.29 is 4.79 Å². The predicted octanol–water partition coefficient (Wildman–Crippen LogP) is 4.17. The Morgan fingerprint density at radius 3 is 2.50 bits per heavy atom. The first-order chi connectivity index (χ1) is 10.6. The van der Waals surface area contributed by atoms with Crippen LogP contribution in [0, 0.1) is 6.92 Å². The number of hydrogen-bond donors (Lipinski definition) is 0. The molecule has 2 aromatic carbocycles. The number of fused-ring (bicyclic) bond motifs is 1. The van der Waals surface area contributed by atoms with Crippen molar-refractivity contribution in [1.82, 2.24) is 9.55 Å². The van der Waals surface area contributed by atoms with Gasteiger partial charge in [-0.3, -0.25) is 9.36 Å². The van der Waals surface area contributed by atoms with Crippen molar-refractivity contribution in [2.75, 3.05) is 0 Å². The molecule has 3 aromatic rings. The minimum atomic E-state index is 0.0642. The molecule has 0 atom stereocenters. The first kappa shape index (κ1) is 14.5. The normalized spacial score (nSPS) is 11.0. The van der Waals surface area contributed by atoms with Crippen molar-refractivity contribution in [2.24, 2.45) is 0 Å². The van der Waals surface area contributed by atoms with E-state index in [1.54, 1.807) is 6.92 Å². The quantitative estimate of drug-likeness (QED) is 0.676. The van der Waals surface area contributed by atoms with Gasteiger partial charge in [0.1, 0.15) is 5.82 Å². The average molecular weight is 291 g/mol. The van der Waals surface area contributed by atoms with E-state index in [1.165, 1.54) is 5.56 Å². The van der Waals surface area contributed by atoms with E-state index in [4.69, 9.17) is 4.98 Å². The largest absolute Gasteiger partial charge is 0.296 e. The molecule has 0 spiro atoms. The van der Waals surface area contributed by atoms with Crippen molar-refractivity contribution >= 4 is 16.8 Å². The van der Waals surface area contributed by atoms with Crippen molar-refractivity contribution in [1.29, 1.82) is 0 Å². The molecule has 0 saturated carbocycles. The fraction of sp³-hybridized carbons (Fsp3) is 0.211. The van der Waals surface area contributed by atoms with Crippen LogP contribution in [-0.4, -0.2) is 15.3 Å². The molecule has 3 heteroatoms. The highest BCUT2D eigenvalue weighted by atomic mass is 16.1. The van der Waals surface area contributed by atoms with E-state index in [2.05, 4.69) is 42.7 Å². The fourth-order valence-electron chi connectivity index (χ4n) is 2.69. The highest BCUT2D eigenvalue weighted by molar-refractivity contribution is 5.97. The molecule has 0 amide bonds. The van der Waals surface area contributed by atoms with Crippen LogP contribution in [0.15, 0.2) is 42.5 Å². The molecular formula is C19H19N2O. The molecule has 1 aromatic heterocycles. The van der Waals surface area contributed by atoms with Crippen LogP contribution in [0.4, 0.5) is 0 Å².